The van der Waals surface area contributed by atoms with Gasteiger partial charge in [0, 0.05) is 6.61 Å². The zero-order chi connectivity index (χ0) is 25.8. The Balaban J connectivity index is 1.56. The highest BCUT2D eigenvalue weighted by Gasteiger charge is 2.14. The zero-order valence-electron chi connectivity index (χ0n) is 20.5. The maximum atomic E-state index is 12.6. The molecule has 0 heterocycles. The van der Waals surface area contributed by atoms with Crippen molar-refractivity contribution < 1.29 is 28.5 Å². The Kier molecular flexibility index (Phi) is 10.0. The van der Waals surface area contributed by atoms with Crippen molar-refractivity contribution in [1.29, 1.82) is 5.26 Å². The van der Waals surface area contributed by atoms with Crippen molar-refractivity contribution >= 4 is 11.9 Å². The van der Waals surface area contributed by atoms with Gasteiger partial charge in [-0.25, -0.2) is 9.59 Å². The first-order chi connectivity index (χ1) is 17.5. The standard InChI is InChI=1S/C29H29NO6/c1-3-5-6-21-7-16-27(24(19-21)20-30)36-29(32)23-10-14-26(15-11-23)35-28(31)22-8-12-25(13-9-22)34-18-17-33-4-2/h7-16,19H,3-6,17-18H2,1-2H3. The van der Waals surface area contributed by atoms with Crippen molar-refractivity contribution in [2.75, 3.05) is 19.8 Å². The summed E-state index contributed by atoms with van der Waals surface area (Å²) in [6.07, 6.45) is 2.95. The fourth-order valence-electron chi connectivity index (χ4n) is 3.32. The summed E-state index contributed by atoms with van der Waals surface area (Å²) in [7, 11) is 0. The smallest absolute Gasteiger partial charge is 0.343 e. The first-order valence-electron chi connectivity index (χ1n) is 11.9. The van der Waals surface area contributed by atoms with Gasteiger partial charge >= 0.3 is 11.9 Å². The van der Waals surface area contributed by atoms with Crippen LogP contribution in [0.3, 0.4) is 0 Å². The number of hydrogen-bond donors (Lipinski definition) is 0. The third-order valence-electron chi connectivity index (χ3n) is 5.28. The van der Waals surface area contributed by atoms with Crippen LogP contribution in [0.15, 0.2) is 66.7 Å². The molecule has 0 spiro atoms. The molecule has 0 N–H and O–H groups in total. The maximum absolute atomic E-state index is 12.6. The first-order valence-corrected chi connectivity index (χ1v) is 11.9. The van der Waals surface area contributed by atoms with E-state index in [1.165, 1.54) is 24.3 Å². The molecule has 0 aliphatic carbocycles. The lowest BCUT2D eigenvalue weighted by Crippen LogP contribution is -2.11. The Morgan fingerprint density at radius 2 is 1.44 bits per heavy atom. The van der Waals surface area contributed by atoms with Crippen LogP contribution in [0.4, 0.5) is 0 Å². The van der Waals surface area contributed by atoms with Gasteiger partial charge in [0.05, 0.1) is 23.3 Å². The van der Waals surface area contributed by atoms with Gasteiger partial charge < -0.3 is 18.9 Å². The summed E-state index contributed by atoms with van der Waals surface area (Å²) in [6, 6.07) is 20.0. The lowest BCUT2D eigenvalue weighted by Gasteiger charge is -2.09. The Labute approximate surface area is 211 Å². The van der Waals surface area contributed by atoms with E-state index in [0.29, 0.717) is 36.7 Å². The van der Waals surface area contributed by atoms with Crippen LogP contribution < -0.4 is 14.2 Å². The summed E-state index contributed by atoms with van der Waals surface area (Å²) in [5, 5.41) is 9.44. The van der Waals surface area contributed by atoms with Gasteiger partial charge in [-0.1, -0.05) is 19.4 Å². The summed E-state index contributed by atoms with van der Waals surface area (Å²) in [5.74, 6) is -0.0157. The van der Waals surface area contributed by atoms with Gasteiger partial charge in [-0.3, -0.25) is 0 Å². The number of unbranched alkanes of at least 4 members (excludes halogenated alkanes) is 1. The first kappa shape index (κ1) is 26.5. The Bertz CT molecular complexity index is 1200. The highest BCUT2D eigenvalue weighted by atomic mass is 16.5. The lowest BCUT2D eigenvalue weighted by molar-refractivity contribution is 0.0730. The van der Waals surface area contributed by atoms with Crippen LogP contribution >= 0.6 is 0 Å². The Hall–Kier alpha value is -4.15. The third-order valence-corrected chi connectivity index (χ3v) is 5.28. The molecule has 0 amide bonds. The number of nitriles is 1. The second-order valence-corrected chi connectivity index (χ2v) is 7.92. The molecule has 3 rings (SSSR count). The van der Waals surface area contributed by atoms with Gasteiger partial charge in [-0.15, -0.1) is 0 Å². The molecule has 186 valence electrons. The van der Waals surface area contributed by atoms with E-state index < -0.39 is 11.9 Å². The molecule has 3 aromatic rings. The largest absolute Gasteiger partial charge is 0.491 e. The molecule has 0 fully saturated rings. The fourth-order valence-corrected chi connectivity index (χ4v) is 3.32. The molecule has 0 bridgehead atoms. The minimum atomic E-state index is -0.606. The minimum Gasteiger partial charge on any atom is -0.491 e. The molecule has 3 aromatic carbocycles. The SMILES string of the molecule is CCCCc1ccc(OC(=O)c2ccc(OC(=O)c3ccc(OCCOCC)cc3)cc2)c(C#N)c1. The minimum absolute atomic E-state index is 0.212. The molecule has 0 radical (unpaired) electrons. The van der Waals surface area contributed by atoms with Crippen molar-refractivity contribution in [3.8, 4) is 23.3 Å². The molecule has 0 aromatic heterocycles. The van der Waals surface area contributed by atoms with Crippen LogP contribution in [0.25, 0.3) is 0 Å². The van der Waals surface area contributed by atoms with Crippen LogP contribution in [-0.2, 0) is 11.2 Å². The second kappa shape index (κ2) is 13.7. The van der Waals surface area contributed by atoms with Gasteiger partial charge in [-0.05, 0) is 86.0 Å². The van der Waals surface area contributed by atoms with Crippen molar-refractivity contribution in [2.24, 2.45) is 0 Å². The number of hydrogen-bond acceptors (Lipinski definition) is 7. The second-order valence-electron chi connectivity index (χ2n) is 7.92. The summed E-state index contributed by atoms with van der Waals surface area (Å²) in [6.45, 7) is 5.57. The highest BCUT2D eigenvalue weighted by molar-refractivity contribution is 5.93. The van der Waals surface area contributed by atoms with E-state index in [1.807, 2.05) is 13.0 Å². The molecule has 0 saturated carbocycles. The predicted molar refractivity (Wildman–Crippen MR) is 135 cm³/mol. The molecule has 0 atom stereocenters. The number of rotatable bonds is 12. The average Bonchev–Trinajstić information content (AvgIpc) is 2.91. The monoisotopic (exact) mass is 487 g/mol. The predicted octanol–water partition coefficient (Wildman–Crippen LogP) is 5.75. The molecular formula is C29H29NO6. The summed E-state index contributed by atoms with van der Waals surface area (Å²) in [5.41, 5.74) is 1.97. The summed E-state index contributed by atoms with van der Waals surface area (Å²) < 4.78 is 21.6. The number of ether oxygens (including phenoxy) is 4. The molecule has 0 saturated heterocycles. The molecule has 7 heteroatoms. The van der Waals surface area contributed by atoms with Gasteiger partial charge in [0.25, 0.3) is 0 Å². The molecule has 0 unspecified atom stereocenters. The van der Waals surface area contributed by atoms with Crippen LogP contribution in [0.2, 0.25) is 0 Å². The van der Waals surface area contributed by atoms with Gasteiger partial charge in [0.1, 0.15) is 29.9 Å². The van der Waals surface area contributed by atoms with Crippen LogP contribution in [-0.4, -0.2) is 31.8 Å². The normalized spacial score (nSPS) is 10.4. The van der Waals surface area contributed by atoms with Crippen molar-refractivity contribution in [1.82, 2.24) is 0 Å². The number of aryl methyl sites for hydroxylation is 1. The number of nitrogens with zero attached hydrogens (tertiary/aromatic N) is 1. The van der Waals surface area contributed by atoms with Gasteiger partial charge in [-0.2, -0.15) is 5.26 Å². The van der Waals surface area contributed by atoms with Gasteiger partial charge in [0.2, 0.25) is 0 Å². The highest BCUT2D eigenvalue weighted by Crippen LogP contribution is 2.23. The molecule has 0 aliphatic rings. The van der Waals surface area contributed by atoms with Crippen molar-refractivity contribution in [2.45, 2.75) is 33.1 Å². The summed E-state index contributed by atoms with van der Waals surface area (Å²) in [4.78, 5) is 25.0. The van der Waals surface area contributed by atoms with Crippen LogP contribution in [0, 0.1) is 11.3 Å². The van der Waals surface area contributed by atoms with Crippen molar-refractivity contribution in [3.63, 3.8) is 0 Å². The molecule has 0 aliphatic heterocycles. The van der Waals surface area contributed by atoms with E-state index in [2.05, 4.69) is 13.0 Å². The van der Waals surface area contributed by atoms with E-state index in [1.54, 1.807) is 36.4 Å². The van der Waals surface area contributed by atoms with Crippen LogP contribution in [0.1, 0.15) is 58.5 Å². The third kappa shape index (κ3) is 7.69. The number of esters is 2. The quantitative estimate of drug-likeness (QED) is 0.182. The molecular weight excluding hydrogens is 458 g/mol. The maximum Gasteiger partial charge on any atom is 0.343 e. The number of carbonyl (C=O) groups excluding carboxylic acids is 2. The van der Waals surface area contributed by atoms with Crippen molar-refractivity contribution in [3.05, 3.63) is 89.0 Å². The number of carbonyl (C=O) groups is 2. The van der Waals surface area contributed by atoms with E-state index in [0.717, 1.165) is 24.8 Å². The molecule has 7 nitrogen and oxygen atoms in total. The Morgan fingerprint density at radius 3 is 2.06 bits per heavy atom. The average molecular weight is 488 g/mol. The summed E-state index contributed by atoms with van der Waals surface area (Å²) >= 11 is 0. The topological polar surface area (TPSA) is 94.8 Å². The van der Waals surface area contributed by atoms with Crippen LogP contribution in [0.5, 0.6) is 17.2 Å². The number of benzene rings is 3. The van der Waals surface area contributed by atoms with E-state index >= 15 is 0 Å². The fraction of sp³-hybridized carbons (Fsp3) is 0.276. The Morgan fingerprint density at radius 1 is 0.806 bits per heavy atom. The van der Waals surface area contributed by atoms with E-state index in [9.17, 15) is 14.9 Å². The van der Waals surface area contributed by atoms with Gasteiger partial charge in [0.15, 0.2) is 0 Å². The van der Waals surface area contributed by atoms with E-state index in [-0.39, 0.29) is 17.1 Å². The van der Waals surface area contributed by atoms with E-state index in [4.69, 9.17) is 18.9 Å². The lowest BCUT2D eigenvalue weighted by atomic mass is 10.1. The zero-order valence-corrected chi connectivity index (χ0v) is 20.5. The molecule has 36 heavy (non-hydrogen) atoms.